The van der Waals surface area contributed by atoms with E-state index in [1.165, 1.54) is 5.57 Å². The normalized spacial score (nSPS) is 24.6. The van der Waals surface area contributed by atoms with Crippen LogP contribution < -0.4 is 5.14 Å². The summed E-state index contributed by atoms with van der Waals surface area (Å²) in [4.78, 5) is 0.146. The van der Waals surface area contributed by atoms with Gasteiger partial charge in [0.25, 0.3) is 0 Å². The van der Waals surface area contributed by atoms with E-state index in [0.717, 1.165) is 23.1 Å². The van der Waals surface area contributed by atoms with Gasteiger partial charge in [-0.25, -0.2) is 13.6 Å². The smallest absolute Gasteiger partial charge is 0.238 e. The summed E-state index contributed by atoms with van der Waals surface area (Å²) in [5.74, 6) is 0.368. The Morgan fingerprint density at radius 3 is 2.36 bits per heavy atom. The first-order valence-corrected chi connectivity index (χ1v) is 9.71. The lowest BCUT2D eigenvalue weighted by molar-refractivity contribution is 0.282. The molecule has 1 spiro atoms. The van der Waals surface area contributed by atoms with Crippen molar-refractivity contribution in [3.8, 4) is 0 Å². The third-order valence-electron chi connectivity index (χ3n) is 5.12. The fourth-order valence-electron chi connectivity index (χ4n) is 3.57. The van der Waals surface area contributed by atoms with Gasteiger partial charge in [-0.05, 0) is 46.7 Å². The quantitative estimate of drug-likeness (QED) is 0.887. The number of allylic oxidation sites excluding steroid dienone is 4. The highest BCUT2D eigenvalue weighted by atomic mass is 32.2. The molecule has 2 unspecified atom stereocenters. The van der Waals surface area contributed by atoms with Crippen molar-refractivity contribution in [3.63, 3.8) is 0 Å². The summed E-state index contributed by atoms with van der Waals surface area (Å²) in [6, 6.07) is 14.8. The summed E-state index contributed by atoms with van der Waals surface area (Å²) in [5.41, 5.74) is 4.40. The Bertz CT molecular complexity index is 973. The molecule has 1 fully saturated rings. The number of benzene rings is 2. The second-order valence-corrected chi connectivity index (χ2v) is 8.33. The fourth-order valence-corrected chi connectivity index (χ4v) is 4.08. The van der Waals surface area contributed by atoms with Crippen LogP contribution in [0.25, 0.3) is 5.57 Å². The third-order valence-corrected chi connectivity index (χ3v) is 6.05. The van der Waals surface area contributed by atoms with Crippen LogP contribution in [0.4, 0.5) is 0 Å². The Hall–Kier alpha value is -2.21. The second-order valence-electron chi connectivity index (χ2n) is 6.77. The number of aliphatic hydroxyl groups is 1. The van der Waals surface area contributed by atoms with Crippen LogP contribution in [0.3, 0.4) is 0 Å². The summed E-state index contributed by atoms with van der Waals surface area (Å²) >= 11 is 0. The number of hydrogen-bond donors (Lipinski definition) is 2. The molecule has 128 valence electrons. The summed E-state index contributed by atoms with van der Waals surface area (Å²) in [5, 5.41) is 14.3. The highest BCUT2D eigenvalue weighted by Crippen LogP contribution is 2.64. The van der Waals surface area contributed by atoms with Crippen LogP contribution in [-0.4, -0.2) is 13.5 Å². The molecule has 5 heteroatoms. The summed E-state index contributed by atoms with van der Waals surface area (Å²) in [6.07, 6.45) is 7.70. The van der Waals surface area contributed by atoms with Crippen molar-refractivity contribution in [1.82, 2.24) is 0 Å². The lowest BCUT2D eigenvalue weighted by atomic mass is 9.99. The average Bonchev–Trinajstić information content (AvgIpc) is 3.14. The molecule has 0 amide bonds. The maximum atomic E-state index is 11.4. The Kier molecular flexibility index (Phi) is 3.68. The van der Waals surface area contributed by atoms with E-state index in [1.54, 1.807) is 12.1 Å². The molecule has 2 aromatic rings. The summed E-state index contributed by atoms with van der Waals surface area (Å²) < 4.78 is 22.7. The molecular formula is C20H19NO3S. The van der Waals surface area contributed by atoms with Crippen molar-refractivity contribution in [2.24, 2.45) is 10.6 Å². The maximum Gasteiger partial charge on any atom is 0.238 e. The van der Waals surface area contributed by atoms with E-state index in [-0.39, 0.29) is 16.9 Å². The zero-order valence-corrected chi connectivity index (χ0v) is 14.4. The van der Waals surface area contributed by atoms with E-state index in [1.807, 2.05) is 36.4 Å². The molecular weight excluding hydrogens is 334 g/mol. The van der Waals surface area contributed by atoms with Gasteiger partial charge < -0.3 is 5.11 Å². The van der Waals surface area contributed by atoms with Crippen LogP contribution in [-0.2, 0) is 16.6 Å². The largest absolute Gasteiger partial charge is 0.392 e. The van der Waals surface area contributed by atoms with Crippen molar-refractivity contribution in [2.45, 2.75) is 23.8 Å². The molecule has 0 saturated heterocycles. The highest BCUT2D eigenvalue weighted by molar-refractivity contribution is 7.89. The first kappa shape index (κ1) is 16.3. The molecule has 0 aliphatic heterocycles. The minimum absolute atomic E-state index is 0.0358. The molecule has 2 atom stereocenters. The van der Waals surface area contributed by atoms with Gasteiger partial charge in [0.1, 0.15) is 0 Å². The summed E-state index contributed by atoms with van der Waals surface area (Å²) in [6.45, 7) is 0.0513. The molecule has 0 radical (unpaired) electrons. The molecule has 1 saturated carbocycles. The molecule has 0 aromatic heterocycles. The standard InChI is InChI=1S/C20H19NO3S/c21-25(23,24)18-7-5-16(6-8-18)19-12-20(19)10-9-17(11-20)15-3-1-14(13-22)2-4-15/h1-11,19,22H,12-13H2,(H2,21,23,24). The van der Waals surface area contributed by atoms with E-state index < -0.39 is 10.0 Å². The molecule has 25 heavy (non-hydrogen) atoms. The van der Waals surface area contributed by atoms with Crippen LogP contribution >= 0.6 is 0 Å². The van der Waals surface area contributed by atoms with Gasteiger partial charge in [-0.3, -0.25) is 0 Å². The van der Waals surface area contributed by atoms with Crippen LogP contribution in [0.5, 0.6) is 0 Å². The number of sulfonamides is 1. The van der Waals surface area contributed by atoms with Crippen molar-refractivity contribution in [2.75, 3.05) is 0 Å². The van der Waals surface area contributed by atoms with Crippen molar-refractivity contribution in [1.29, 1.82) is 0 Å². The molecule has 0 bridgehead atoms. The topological polar surface area (TPSA) is 80.4 Å². The highest BCUT2D eigenvalue weighted by Gasteiger charge is 2.52. The first-order valence-electron chi connectivity index (χ1n) is 8.16. The molecule has 4 rings (SSSR count). The Morgan fingerprint density at radius 1 is 1.08 bits per heavy atom. The number of primary sulfonamides is 1. The minimum atomic E-state index is -3.65. The summed E-state index contributed by atoms with van der Waals surface area (Å²) in [7, 11) is -3.65. The fraction of sp³-hybridized carbons (Fsp3) is 0.200. The lowest BCUT2D eigenvalue weighted by Crippen LogP contribution is -2.11. The minimum Gasteiger partial charge on any atom is -0.392 e. The third kappa shape index (κ3) is 2.95. The zero-order valence-electron chi connectivity index (χ0n) is 13.6. The molecule has 4 nitrogen and oxygen atoms in total. The Morgan fingerprint density at radius 2 is 1.76 bits per heavy atom. The van der Waals surface area contributed by atoms with Crippen molar-refractivity contribution >= 4 is 15.6 Å². The second kappa shape index (κ2) is 5.66. The molecule has 2 aliphatic carbocycles. The van der Waals surface area contributed by atoms with Crippen LogP contribution in [0.1, 0.15) is 29.0 Å². The van der Waals surface area contributed by atoms with Gasteiger partial charge in [0.05, 0.1) is 11.5 Å². The van der Waals surface area contributed by atoms with E-state index in [2.05, 4.69) is 18.2 Å². The van der Waals surface area contributed by atoms with Gasteiger partial charge >= 0.3 is 0 Å². The van der Waals surface area contributed by atoms with E-state index in [9.17, 15) is 8.42 Å². The molecule has 0 heterocycles. The van der Waals surface area contributed by atoms with Gasteiger partial charge in [-0.15, -0.1) is 0 Å². The number of hydrogen-bond acceptors (Lipinski definition) is 3. The van der Waals surface area contributed by atoms with E-state index in [0.29, 0.717) is 5.92 Å². The molecule has 2 aliphatic rings. The number of aliphatic hydroxyl groups excluding tert-OH is 1. The molecule has 3 N–H and O–H groups in total. The van der Waals surface area contributed by atoms with Gasteiger partial charge in [-0.1, -0.05) is 54.6 Å². The molecule has 2 aromatic carbocycles. The van der Waals surface area contributed by atoms with Gasteiger partial charge in [0, 0.05) is 5.41 Å². The van der Waals surface area contributed by atoms with E-state index in [4.69, 9.17) is 10.2 Å². The predicted octanol–water partition coefficient (Wildman–Crippen LogP) is 2.95. The zero-order chi connectivity index (χ0) is 17.7. The van der Waals surface area contributed by atoms with Gasteiger partial charge in [-0.2, -0.15) is 0 Å². The van der Waals surface area contributed by atoms with Crippen molar-refractivity contribution < 1.29 is 13.5 Å². The van der Waals surface area contributed by atoms with Crippen LogP contribution in [0.15, 0.2) is 71.7 Å². The Labute approximate surface area is 147 Å². The number of rotatable bonds is 4. The first-order chi connectivity index (χ1) is 11.9. The van der Waals surface area contributed by atoms with Crippen LogP contribution in [0, 0.1) is 5.41 Å². The van der Waals surface area contributed by atoms with Crippen LogP contribution in [0.2, 0.25) is 0 Å². The lowest BCUT2D eigenvalue weighted by Gasteiger charge is -2.06. The van der Waals surface area contributed by atoms with Gasteiger partial charge in [0.15, 0.2) is 0 Å². The SMILES string of the molecule is NS(=O)(=O)c1ccc(C2CC23C=CC(c2ccc(CO)cc2)=C3)cc1. The maximum absolute atomic E-state index is 11.4. The van der Waals surface area contributed by atoms with Crippen molar-refractivity contribution in [3.05, 3.63) is 83.4 Å². The predicted molar refractivity (Wildman–Crippen MR) is 97.1 cm³/mol. The monoisotopic (exact) mass is 353 g/mol. The van der Waals surface area contributed by atoms with E-state index >= 15 is 0 Å². The average molecular weight is 353 g/mol. The Balaban J connectivity index is 1.55. The van der Waals surface area contributed by atoms with Gasteiger partial charge in [0.2, 0.25) is 10.0 Å². The number of nitrogens with two attached hydrogens (primary N) is 1.